The monoisotopic (exact) mass is 230 g/mol. The van der Waals surface area contributed by atoms with Crippen LogP contribution in [0.3, 0.4) is 0 Å². The second-order valence-corrected chi connectivity index (χ2v) is 6.48. The van der Waals surface area contributed by atoms with Crippen LogP contribution in [-0.4, -0.2) is 43.8 Å². The minimum atomic E-state index is -2.98. The number of nitriles is 1. The molecule has 1 saturated heterocycles. The first-order chi connectivity index (χ1) is 6.78. The van der Waals surface area contributed by atoms with Crippen LogP contribution in [-0.2, 0) is 14.6 Å². The van der Waals surface area contributed by atoms with Gasteiger partial charge in [0.1, 0.15) is 5.41 Å². The predicted molar refractivity (Wildman–Crippen MR) is 54.6 cm³/mol. The number of amides is 1. The molecule has 0 aliphatic carbocycles. The van der Waals surface area contributed by atoms with Gasteiger partial charge >= 0.3 is 0 Å². The summed E-state index contributed by atoms with van der Waals surface area (Å²) in [7, 11) is -2.98. The van der Waals surface area contributed by atoms with Crippen molar-refractivity contribution in [3.05, 3.63) is 0 Å². The molecular formula is C9H14N2O3S. The van der Waals surface area contributed by atoms with Crippen molar-refractivity contribution in [1.29, 1.82) is 5.26 Å². The van der Waals surface area contributed by atoms with Crippen LogP contribution in [0.4, 0.5) is 0 Å². The van der Waals surface area contributed by atoms with E-state index >= 15 is 0 Å². The number of sulfone groups is 1. The van der Waals surface area contributed by atoms with Crippen molar-refractivity contribution >= 4 is 15.7 Å². The number of carbonyl (C=O) groups is 1. The van der Waals surface area contributed by atoms with E-state index in [9.17, 15) is 13.2 Å². The van der Waals surface area contributed by atoms with Gasteiger partial charge in [0.05, 0.1) is 17.6 Å². The Balaban J connectivity index is 2.71. The van der Waals surface area contributed by atoms with Crippen LogP contribution in [0.25, 0.3) is 0 Å². The summed E-state index contributed by atoms with van der Waals surface area (Å²) in [6.07, 6.45) is 0. The Kier molecular flexibility index (Phi) is 3.05. The van der Waals surface area contributed by atoms with Crippen molar-refractivity contribution in [1.82, 2.24) is 4.90 Å². The Morgan fingerprint density at radius 3 is 2.20 bits per heavy atom. The molecular weight excluding hydrogens is 216 g/mol. The minimum Gasteiger partial charge on any atom is -0.339 e. The lowest BCUT2D eigenvalue weighted by Crippen LogP contribution is -2.48. The lowest BCUT2D eigenvalue weighted by Gasteiger charge is -2.30. The maximum absolute atomic E-state index is 11.8. The summed E-state index contributed by atoms with van der Waals surface area (Å²) in [5, 5.41) is 8.78. The molecule has 1 rings (SSSR count). The lowest BCUT2D eigenvalue weighted by atomic mass is 9.94. The largest absolute Gasteiger partial charge is 0.339 e. The minimum absolute atomic E-state index is 0.000247. The van der Waals surface area contributed by atoms with Gasteiger partial charge in [-0.05, 0) is 13.8 Å². The summed E-state index contributed by atoms with van der Waals surface area (Å²) in [4.78, 5) is 13.2. The third kappa shape index (κ3) is 2.69. The zero-order valence-corrected chi connectivity index (χ0v) is 9.67. The van der Waals surface area contributed by atoms with E-state index in [4.69, 9.17) is 5.26 Å². The summed E-state index contributed by atoms with van der Waals surface area (Å²) in [6, 6.07) is 1.92. The fourth-order valence-corrected chi connectivity index (χ4v) is 2.56. The zero-order valence-electron chi connectivity index (χ0n) is 8.86. The maximum atomic E-state index is 11.8. The molecule has 0 aromatic heterocycles. The highest BCUT2D eigenvalue weighted by molar-refractivity contribution is 7.91. The highest BCUT2D eigenvalue weighted by Crippen LogP contribution is 2.18. The van der Waals surface area contributed by atoms with Gasteiger partial charge in [-0.2, -0.15) is 5.26 Å². The van der Waals surface area contributed by atoms with Gasteiger partial charge in [-0.25, -0.2) is 8.42 Å². The van der Waals surface area contributed by atoms with Crippen LogP contribution in [0.2, 0.25) is 0 Å². The molecule has 15 heavy (non-hydrogen) atoms. The Morgan fingerprint density at radius 1 is 1.33 bits per heavy atom. The van der Waals surface area contributed by atoms with Crippen LogP contribution < -0.4 is 0 Å². The lowest BCUT2D eigenvalue weighted by molar-refractivity contribution is -0.137. The second kappa shape index (κ2) is 3.81. The van der Waals surface area contributed by atoms with Gasteiger partial charge in [-0.3, -0.25) is 4.79 Å². The van der Waals surface area contributed by atoms with E-state index in [-0.39, 0.29) is 30.5 Å². The van der Waals surface area contributed by atoms with Gasteiger partial charge in [-0.15, -0.1) is 0 Å². The van der Waals surface area contributed by atoms with Crippen molar-refractivity contribution in [3.8, 4) is 6.07 Å². The molecule has 1 aliphatic heterocycles. The highest BCUT2D eigenvalue weighted by Gasteiger charge is 2.34. The van der Waals surface area contributed by atoms with Gasteiger partial charge in [0, 0.05) is 13.1 Å². The first-order valence-corrected chi connectivity index (χ1v) is 6.52. The van der Waals surface area contributed by atoms with Gasteiger partial charge in [0.15, 0.2) is 9.84 Å². The molecule has 1 fully saturated rings. The fourth-order valence-electron chi connectivity index (χ4n) is 1.36. The molecule has 1 amide bonds. The van der Waals surface area contributed by atoms with Crippen molar-refractivity contribution in [2.75, 3.05) is 24.6 Å². The molecule has 0 atom stereocenters. The van der Waals surface area contributed by atoms with E-state index < -0.39 is 15.3 Å². The van der Waals surface area contributed by atoms with Crippen molar-refractivity contribution in [2.45, 2.75) is 13.8 Å². The quantitative estimate of drug-likeness (QED) is 0.624. The third-order valence-corrected chi connectivity index (χ3v) is 4.05. The predicted octanol–water partition coefficient (Wildman–Crippen LogP) is -0.207. The summed E-state index contributed by atoms with van der Waals surface area (Å²) >= 11 is 0. The van der Waals surface area contributed by atoms with Gasteiger partial charge < -0.3 is 4.90 Å². The van der Waals surface area contributed by atoms with Gasteiger partial charge in [-0.1, -0.05) is 0 Å². The molecule has 0 unspecified atom stereocenters. The normalized spacial score (nSPS) is 20.7. The number of carbonyl (C=O) groups excluding carboxylic acids is 1. The smallest absolute Gasteiger partial charge is 0.242 e. The van der Waals surface area contributed by atoms with E-state index in [1.807, 2.05) is 6.07 Å². The molecule has 1 heterocycles. The van der Waals surface area contributed by atoms with Crippen LogP contribution in [0, 0.1) is 16.7 Å². The average Bonchev–Trinajstić information content (AvgIpc) is 2.17. The van der Waals surface area contributed by atoms with Crippen molar-refractivity contribution in [3.63, 3.8) is 0 Å². The topological polar surface area (TPSA) is 78.2 Å². The average molecular weight is 230 g/mol. The Bertz CT molecular complexity index is 392. The van der Waals surface area contributed by atoms with Crippen LogP contribution >= 0.6 is 0 Å². The molecule has 0 radical (unpaired) electrons. The molecule has 5 nitrogen and oxygen atoms in total. The van der Waals surface area contributed by atoms with E-state index in [0.717, 1.165) is 0 Å². The van der Waals surface area contributed by atoms with Crippen LogP contribution in [0.5, 0.6) is 0 Å². The molecule has 0 aromatic rings. The van der Waals surface area contributed by atoms with E-state index in [2.05, 4.69) is 0 Å². The number of hydrogen-bond acceptors (Lipinski definition) is 4. The van der Waals surface area contributed by atoms with E-state index in [0.29, 0.717) is 0 Å². The standard InChI is InChI=1S/C9H14N2O3S/c1-9(2,7-10)8(12)11-3-5-15(13,14)6-4-11/h3-6H2,1-2H3. The maximum Gasteiger partial charge on any atom is 0.242 e. The molecule has 84 valence electrons. The van der Waals surface area contributed by atoms with Gasteiger partial charge in [0.25, 0.3) is 0 Å². The zero-order chi connectivity index (χ0) is 11.7. The van der Waals surface area contributed by atoms with Crippen molar-refractivity contribution in [2.24, 2.45) is 5.41 Å². The van der Waals surface area contributed by atoms with Crippen molar-refractivity contribution < 1.29 is 13.2 Å². The highest BCUT2D eigenvalue weighted by atomic mass is 32.2. The second-order valence-electron chi connectivity index (χ2n) is 4.18. The fraction of sp³-hybridized carbons (Fsp3) is 0.778. The number of rotatable bonds is 1. The summed E-state index contributed by atoms with van der Waals surface area (Å²) in [6.45, 7) is 3.48. The molecule has 0 spiro atoms. The summed E-state index contributed by atoms with van der Waals surface area (Å²) in [5.41, 5.74) is -1.07. The first kappa shape index (κ1) is 12.0. The third-order valence-electron chi connectivity index (χ3n) is 2.45. The Labute approximate surface area is 89.6 Å². The van der Waals surface area contributed by atoms with Gasteiger partial charge in [0.2, 0.25) is 5.91 Å². The van der Waals surface area contributed by atoms with E-state index in [1.165, 1.54) is 4.90 Å². The summed E-state index contributed by atoms with van der Waals surface area (Å²) in [5.74, 6) is -0.291. The molecule has 0 saturated carbocycles. The molecule has 0 bridgehead atoms. The molecule has 0 aromatic carbocycles. The Hall–Kier alpha value is -1.09. The number of nitrogens with zero attached hydrogens (tertiary/aromatic N) is 2. The summed E-state index contributed by atoms with van der Waals surface area (Å²) < 4.78 is 22.3. The molecule has 1 aliphatic rings. The van der Waals surface area contributed by atoms with E-state index in [1.54, 1.807) is 13.8 Å². The molecule has 0 N–H and O–H groups in total. The van der Waals surface area contributed by atoms with Crippen LogP contribution in [0.15, 0.2) is 0 Å². The SMILES string of the molecule is CC(C)(C#N)C(=O)N1CCS(=O)(=O)CC1. The Morgan fingerprint density at radius 2 is 1.80 bits per heavy atom. The first-order valence-electron chi connectivity index (χ1n) is 4.69. The molecule has 6 heteroatoms. The number of hydrogen-bond donors (Lipinski definition) is 0. The van der Waals surface area contributed by atoms with Crippen LogP contribution in [0.1, 0.15) is 13.8 Å².